The van der Waals surface area contributed by atoms with Crippen molar-refractivity contribution in [3.05, 3.63) is 34.3 Å². The first-order valence-corrected chi connectivity index (χ1v) is 8.18. The highest BCUT2D eigenvalue weighted by molar-refractivity contribution is 9.10. The van der Waals surface area contributed by atoms with Crippen LogP contribution in [0, 0.1) is 0 Å². The van der Waals surface area contributed by atoms with Gasteiger partial charge in [-0.2, -0.15) is 0 Å². The van der Waals surface area contributed by atoms with Crippen molar-refractivity contribution in [2.75, 3.05) is 13.6 Å². The molecule has 3 nitrogen and oxygen atoms in total. The minimum Gasteiger partial charge on any atom is -0.444 e. The Morgan fingerprint density at radius 3 is 2.14 bits per heavy atom. The molecule has 0 aliphatic carbocycles. The summed E-state index contributed by atoms with van der Waals surface area (Å²) in [5, 5.41) is 0. The summed E-state index contributed by atoms with van der Waals surface area (Å²) in [5.41, 5.74) is 0.755. The Hall–Kier alpha value is -1.03. The number of hydrogen-bond acceptors (Lipinski definition) is 2. The van der Waals surface area contributed by atoms with Gasteiger partial charge in [0, 0.05) is 18.1 Å². The molecule has 0 saturated carbocycles. The van der Waals surface area contributed by atoms with Crippen LogP contribution in [0.4, 0.5) is 4.79 Å². The fraction of sp³-hybridized carbons (Fsp3) is 0.588. The van der Waals surface area contributed by atoms with Gasteiger partial charge < -0.3 is 9.64 Å². The van der Waals surface area contributed by atoms with E-state index < -0.39 is 5.60 Å². The summed E-state index contributed by atoms with van der Waals surface area (Å²) in [6, 6.07) is 8.16. The summed E-state index contributed by atoms with van der Waals surface area (Å²) in [7, 11) is 1.77. The van der Waals surface area contributed by atoms with Gasteiger partial charge in [-0.1, -0.05) is 48.8 Å². The minimum absolute atomic E-state index is 0.269. The van der Waals surface area contributed by atoms with E-state index in [9.17, 15) is 4.79 Å². The summed E-state index contributed by atoms with van der Waals surface area (Å²) in [6.07, 6.45) is -0.281. The van der Waals surface area contributed by atoms with Gasteiger partial charge in [0.1, 0.15) is 5.60 Å². The molecule has 1 aromatic carbocycles. The second-order valence-electron chi connectivity index (χ2n) is 5.81. The highest BCUT2D eigenvalue weighted by Gasteiger charge is 2.21. The Balaban J connectivity index is 0.00000191. The molecule has 0 fully saturated rings. The van der Waals surface area contributed by atoms with Crippen LogP contribution in [0.5, 0.6) is 0 Å². The Labute approximate surface area is 137 Å². The van der Waals surface area contributed by atoms with Crippen LogP contribution in [0.1, 0.15) is 53.0 Å². The molecule has 1 aromatic rings. The van der Waals surface area contributed by atoms with Crippen LogP contribution >= 0.6 is 15.9 Å². The third-order valence-electron chi connectivity index (χ3n) is 2.69. The first-order valence-electron chi connectivity index (χ1n) is 7.38. The zero-order chi connectivity index (χ0) is 16.6. The third kappa shape index (κ3) is 8.10. The van der Waals surface area contributed by atoms with Gasteiger partial charge >= 0.3 is 6.09 Å². The van der Waals surface area contributed by atoms with Crippen molar-refractivity contribution in [3.8, 4) is 0 Å². The fourth-order valence-corrected chi connectivity index (χ4v) is 1.99. The van der Waals surface area contributed by atoms with E-state index >= 15 is 0 Å². The molecule has 0 bridgehead atoms. The quantitative estimate of drug-likeness (QED) is 0.719. The summed E-state index contributed by atoms with van der Waals surface area (Å²) < 4.78 is 6.39. The number of hydrogen-bond donors (Lipinski definition) is 0. The van der Waals surface area contributed by atoms with Gasteiger partial charge in [-0.25, -0.2) is 4.79 Å². The molecule has 0 N–H and O–H groups in total. The Bertz CT molecular complexity index is 423. The van der Waals surface area contributed by atoms with Gasteiger partial charge in [-0.3, -0.25) is 0 Å². The molecule has 0 aliphatic rings. The predicted molar refractivity (Wildman–Crippen MR) is 92.8 cm³/mol. The number of ether oxygens (including phenoxy) is 1. The fourth-order valence-electron chi connectivity index (χ4n) is 1.72. The molecule has 1 unspecified atom stereocenters. The molecule has 120 valence electrons. The van der Waals surface area contributed by atoms with Crippen molar-refractivity contribution in [2.24, 2.45) is 0 Å². The van der Waals surface area contributed by atoms with Crippen LogP contribution in [-0.4, -0.2) is 30.2 Å². The van der Waals surface area contributed by atoms with Crippen LogP contribution in [0.2, 0.25) is 0 Å². The van der Waals surface area contributed by atoms with Gasteiger partial charge in [-0.05, 0) is 44.4 Å². The topological polar surface area (TPSA) is 29.5 Å². The Morgan fingerprint density at radius 1 is 1.24 bits per heavy atom. The highest BCUT2D eigenvalue weighted by Crippen LogP contribution is 2.20. The molecule has 0 aliphatic heterocycles. The van der Waals surface area contributed by atoms with Crippen LogP contribution in [0.15, 0.2) is 28.7 Å². The van der Waals surface area contributed by atoms with Gasteiger partial charge in [0.05, 0.1) is 0 Å². The molecule has 0 aromatic heterocycles. The Kier molecular flexibility index (Phi) is 8.64. The molecule has 0 radical (unpaired) electrons. The third-order valence-corrected chi connectivity index (χ3v) is 3.22. The maximum atomic E-state index is 11.9. The zero-order valence-electron chi connectivity index (χ0n) is 14.2. The van der Waals surface area contributed by atoms with Crippen molar-refractivity contribution < 1.29 is 9.53 Å². The van der Waals surface area contributed by atoms with E-state index in [0.29, 0.717) is 6.54 Å². The lowest BCUT2D eigenvalue weighted by Crippen LogP contribution is -2.36. The number of carbonyl (C=O) groups is 1. The second kappa shape index (κ2) is 9.08. The van der Waals surface area contributed by atoms with Crippen LogP contribution in [-0.2, 0) is 4.74 Å². The number of benzene rings is 1. The van der Waals surface area contributed by atoms with E-state index in [0.717, 1.165) is 4.47 Å². The molecular formula is C17H28BrNO2. The standard InChI is InChI=1S/C15H22BrNO2.C2H6/c1-11(12-6-8-13(16)9-7-12)10-17(5)14(18)19-15(2,3)4;1-2/h6-9,11H,10H2,1-5H3;1-2H3. The van der Waals surface area contributed by atoms with Gasteiger partial charge in [-0.15, -0.1) is 0 Å². The maximum Gasteiger partial charge on any atom is 0.410 e. The summed E-state index contributed by atoms with van der Waals surface area (Å²) in [6.45, 7) is 12.4. The normalized spacial score (nSPS) is 12.0. The average molecular weight is 358 g/mol. The van der Waals surface area contributed by atoms with Crippen LogP contribution < -0.4 is 0 Å². The lowest BCUT2D eigenvalue weighted by molar-refractivity contribution is 0.0291. The number of halogens is 1. The SMILES string of the molecule is CC.CC(CN(C)C(=O)OC(C)(C)C)c1ccc(Br)cc1. The lowest BCUT2D eigenvalue weighted by Gasteiger charge is -2.26. The van der Waals surface area contributed by atoms with E-state index in [1.807, 2.05) is 46.8 Å². The molecule has 0 saturated heterocycles. The van der Waals surface area contributed by atoms with Crippen LogP contribution in [0.25, 0.3) is 0 Å². The van der Waals surface area contributed by atoms with E-state index in [2.05, 4.69) is 35.0 Å². The predicted octanol–water partition coefficient (Wildman–Crippen LogP) is 5.45. The smallest absolute Gasteiger partial charge is 0.410 e. The Morgan fingerprint density at radius 2 is 1.71 bits per heavy atom. The van der Waals surface area contributed by atoms with E-state index in [1.165, 1.54) is 5.56 Å². The largest absolute Gasteiger partial charge is 0.444 e. The molecule has 1 rings (SSSR count). The molecule has 1 amide bonds. The monoisotopic (exact) mass is 357 g/mol. The molecule has 0 heterocycles. The number of likely N-dealkylation sites (N-methyl/N-ethyl adjacent to an activating group) is 1. The van der Waals surface area contributed by atoms with Crippen molar-refractivity contribution in [2.45, 2.75) is 53.1 Å². The molecule has 0 spiro atoms. The number of nitrogens with zero attached hydrogens (tertiary/aromatic N) is 1. The number of amides is 1. The van der Waals surface area contributed by atoms with E-state index in [4.69, 9.17) is 4.74 Å². The van der Waals surface area contributed by atoms with E-state index in [1.54, 1.807) is 11.9 Å². The van der Waals surface area contributed by atoms with Gasteiger partial charge in [0.25, 0.3) is 0 Å². The molecule has 1 atom stereocenters. The summed E-state index contributed by atoms with van der Waals surface area (Å²) in [5.74, 6) is 0.269. The van der Waals surface area contributed by atoms with Crippen molar-refractivity contribution >= 4 is 22.0 Å². The molecule has 4 heteroatoms. The summed E-state index contributed by atoms with van der Waals surface area (Å²) in [4.78, 5) is 13.5. The van der Waals surface area contributed by atoms with Crippen molar-refractivity contribution in [1.82, 2.24) is 4.90 Å². The minimum atomic E-state index is -0.452. The second-order valence-corrected chi connectivity index (χ2v) is 6.73. The van der Waals surface area contributed by atoms with E-state index in [-0.39, 0.29) is 12.0 Å². The highest BCUT2D eigenvalue weighted by atomic mass is 79.9. The number of rotatable bonds is 3. The number of carbonyl (C=O) groups excluding carboxylic acids is 1. The summed E-state index contributed by atoms with van der Waals surface area (Å²) >= 11 is 3.42. The van der Waals surface area contributed by atoms with Gasteiger partial charge in [0.2, 0.25) is 0 Å². The maximum absolute atomic E-state index is 11.9. The average Bonchev–Trinajstić information content (AvgIpc) is 2.39. The van der Waals surface area contributed by atoms with Gasteiger partial charge in [0.15, 0.2) is 0 Å². The zero-order valence-corrected chi connectivity index (χ0v) is 15.8. The van der Waals surface area contributed by atoms with Crippen LogP contribution in [0.3, 0.4) is 0 Å². The molecule has 21 heavy (non-hydrogen) atoms. The first-order chi connectivity index (χ1) is 9.69. The van der Waals surface area contributed by atoms with Crippen molar-refractivity contribution in [3.63, 3.8) is 0 Å². The van der Waals surface area contributed by atoms with Crippen molar-refractivity contribution in [1.29, 1.82) is 0 Å². The molecular weight excluding hydrogens is 330 g/mol. The lowest BCUT2D eigenvalue weighted by atomic mass is 10.0. The first kappa shape index (κ1) is 20.0.